The third-order valence-corrected chi connectivity index (χ3v) is 3.16. The number of hydrogen-bond donors (Lipinski definition) is 2. The number of nitrogens with one attached hydrogen (secondary N) is 1. The van der Waals surface area contributed by atoms with E-state index in [0.29, 0.717) is 18.0 Å². The molecule has 0 bridgehead atoms. The first-order valence-electron chi connectivity index (χ1n) is 5.92. The maximum Gasteiger partial charge on any atom is 0.349 e. The quantitative estimate of drug-likeness (QED) is 0.790. The highest BCUT2D eigenvalue weighted by Crippen LogP contribution is 2.15. The molecule has 0 spiro atoms. The summed E-state index contributed by atoms with van der Waals surface area (Å²) in [7, 11) is 1.96. The van der Waals surface area contributed by atoms with Gasteiger partial charge >= 0.3 is 5.69 Å². The van der Waals surface area contributed by atoms with Crippen molar-refractivity contribution in [1.29, 1.82) is 0 Å². The summed E-state index contributed by atoms with van der Waals surface area (Å²) in [5.74, 6) is 1.41. The van der Waals surface area contributed by atoms with Crippen molar-refractivity contribution < 1.29 is 0 Å². The van der Waals surface area contributed by atoms with Crippen LogP contribution in [0, 0.1) is 6.92 Å². The first-order valence-corrected chi connectivity index (χ1v) is 5.92. The molecule has 0 radical (unpaired) electrons. The maximum atomic E-state index is 11.5. The molecule has 7 nitrogen and oxygen atoms in total. The highest BCUT2D eigenvalue weighted by molar-refractivity contribution is 5.51. The lowest BCUT2D eigenvalue weighted by Gasteiger charge is -2.25. The van der Waals surface area contributed by atoms with Gasteiger partial charge in [0.05, 0.1) is 0 Å². The van der Waals surface area contributed by atoms with Crippen LogP contribution in [0.4, 0.5) is 5.82 Å². The molecule has 2 rings (SSSR count). The number of nitrogens with zero attached hydrogens (tertiary/aromatic N) is 4. The number of aromatic amines is 1. The van der Waals surface area contributed by atoms with Crippen LogP contribution in [0.3, 0.4) is 0 Å². The molecular formula is C11H18N6O. The second kappa shape index (κ2) is 4.77. The van der Waals surface area contributed by atoms with E-state index in [9.17, 15) is 4.79 Å². The number of fused-ring (bicyclic) bond motifs is 1. The maximum absolute atomic E-state index is 11.5. The van der Waals surface area contributed by atoms with Gasteiger partial charge in [-0.3, -0.25) is 0 Å². The summed E-state index contributed by atoms with van der Waals surface area (Å²) < 4.78 is 1.45. The molecule has 0 aliphatic carbocycles. The number of H-pyrrole nitrogens is 1. The number of nitrogens with two attached hydrogens (primary N) is 1. The van der Waals surface area contributed by atoms with E-state index in [1.165, 1.54) is 4.40 Å². The van der Waals surface area contributed by atoms with Crippen LogP contribution >= 0.6 is 0 Å². The average Bonchev–Trinajstić information content (AvgIpc) is 2.70. The molecule has 0 amide bonds. The van der Waals surface area contributed by atoms with Gasteiger partial charge in [0.1, 0.15) is 11.6 Å². The largest absolute Gasteiger partial charge is 0.357 e. The summed E-state index contributed by atoms with van der Waals surface area (Å²) >= 11 is 0. The third kappa shape index (κ3) is 2.08. The fraction of sp³-hybridized carbons (Fsp3) is 0.545. The van der Waals surface area contributed by atoms with E-state index in [4.69, 9.17) is 5.73 Å². The lowest BCUT2D eigenvalue weighted by Crippen LogP contribution is -2.32. The molecule has 2 aromatic rings. The predicted octanol–water partition coefficient (Wildman–Crippen LogP) is -0.100. The predicted molar refractivity (Wildman–Crippen MR) is 69.9 cm³/mol. The number of hydrogen-bond acceptors (Lipinski definition) is 5. The van der Waals surface area contributed by atoms with Gasteiger partial charge in [0.15, 0.2) is 5.65 Å². The van der Waals surface area contributed by atoms with Crippen molar-refractivity contribution in [2.24, 2.45) is 5.73 Å². The van der Waals surface area contributed by atoms with Gasteiger partial charge in [-0.25, -0.2) is 19.3 Å². The highest BCUT2D eigenvalue weighted by Gasteiger charge is 2.13. The van der Waals surface area contributed by atoms with Crippen LogP contribution in [-0.4, -0.2) is 39.2 Å². The van der Waals surface area contributed by atoms with Crippen molar-refractivity contribution >= 4 is 11.5 Å². The van der Waals surface area contributed by atoms with Crippen molar-refractivity contribution in [1.82, 2.24) is 19.6 Å². The van der Waals surface area contributed by atoms with Crippen molar-refractivity contribution in [2.75, 3.05) is 18.5 Å². The van der Waals surface area contributed by atoms with E-state index >= 15 is 0 Å². The van der Waals surface area contributed by atoms with Crippen molar-refractivity contribution in [3.8, 4) is 0 Å². The molecule has 7 heteroatoms. The summed E-state index contributed by atoms with van der Waals surface area (Å²) in [6.07, 6.45) is 0.885. The number of aromatic nitrogens is 4. The first-order chi connectivity index (χ1) is 8.54. The Hall–Kier alpha value is -1.89. The minimum Gasteiger partial charge on any atom is -0.357 e. The fourth-order valence-corrected chi connectivity index (χ4v) is 1.92. The van der Waals surface area contributed by atoms with Gasteiger partial charge in [-0.1, -0.05) is 0 Å². The van der Waals surface area contributed by atoms with E-state index < -0.39 is 0 Å². The minimum atomic E-state index is -0.265. The van der Waals surface area contributed by atoms with E-state index in [1.807, 2.05) is 11.9 Å². The Kier molecular flexibility index (Phi) is 3.33. The summed E-state index contributed by atoms with van der Waals surface area (Å²) in [5, 5.41) is 6.38. The third-order valence-electron chi connectivity index (χ3n) is 3.16. The SMILES string of the molecule is Cc1nc(N(C)C(C)CCN)cc2n[nH]c(=O)n12. The molecule has 0 aliphatic rings. The first kappa shape index (κ1) is 12.6. The molecule has 0 aliphatic heterocycles. The lowest BCUT2D eigenvalue weighted by molar-refractivity contribution is 0.628. The zero-order chi connectivity index (χ0) is 13.3. The Morgan fingerprint density at radius 2 is 2.33 bits per heavy atom. The van der Waals surface area contributed by atoms with Crippen LogP contribution in [0.1, 0.15) is 19.2 Å². The second-order valence-electron chi connectivity index (χ2n) is 4.42. The zero-order valence-electron chi connectivity index (χ0n) is 10.8. The van der Waals surface area contributed by atoms with E-state index in [0.717, 1.165) is 12.2 Å². The second-order valence-corrected chi connectivity index (χ2v) is 4.42. The lowest BCUT2D eigenvalue weighted by atomic mass is 10.2. The zero-order valence-corrected chi connectivity index (χ0v) is 10.8. The molecule has 2 aromatic heterocycles. The van der Waals surface area contributed by atoms with Gasteiger partial charge in [-0.2, -0.15) is 5.10 Å². The fourth-order valence-electron chi connectivity index (χ4n) is 1.92. The summed E-state index contributed by atoms with van der Waals surface area (Å²) in [6, 6.07) is 2.08. The van der Waals surface area contributed by atoms with Crippen LogP contribution in [0.2, 0.25) is 0 Å². The Balaban J connectivity index is 2.43. The van der Waals surface area contributed by atoms with Gasteiger partial charge in [-0.05, 0) is 26.8 Å². The van der Waals surface area contributed by atoms with E-state index in [1.54, 1.807) is 13.0 Å². The standard InChI is InChI=1S/C11H18N6O/c1-7(4-5-12)16(3)9-6-10-14-15-11(18)17(10)8(2)13-9/h6-7H,4-5,12H2,1-3H3,(H,15,18). The van der Waals surface area contributed by atoms with Gasteiger partial charge < -0.3 is 10.6 Å². The van der Waals surface area contributed by atoms with Gasteiger partial charge in [0, 0.05) is 19.2 Å². The van der Waals surface area contributed by atoms with Crippen LogP contribution in [-0.2, 0) is 0 Å². The van der Waals surface area contributed by atoms with Crippen molar-refractivity contribution in [2.45, 2.75) is 26.3 Å². The molecule has 3 N–H and O–H groups in total. The Bertz CT molecular complexity index is 601. The highest BCUT2D eigenvalue weighted by atomic mass is 16.1. The molecule has 2 heterocycles. The Morgan fingerprint density at radius 3 is 3.00 bits per heavy atom. The molecule has 0 saturated heterocycles. The molecule has 98 valence electrons. The molecule has 0 aromatic carbocycles. The van der Waals surface area contributed by atoms with Gasteiger partial charge in [0.2, 0.25) is 0 Å². The van der Waals surface area contributed by atoms with Crippen molar-refractivity contribution in [3.05, 3.63) is 22.4 Å². The molecule has 1 unspecified atom stereocenters. The minimum absolute atomic E-state index is 0.265. The summed E-state index contributed by atoms with van der Waals surface area (Å²) in [5.41, 5.74) is 5.87. The van der Waals surface area contributed by atoms with Crippen molar-refractivity contribution in [3.63, 3.8) is 0 Å². The molecule has 0 fully saturated rings. The Labute approximate surface area is 105 Å². The smallest absolute Gasteiger partial charge is 0.349 e. The van der Waals surface area contributed by atoms with E-state index in [-0.39, 0.29) is 11.7 Å². The van der Waals surface area contributed by atoms with Crippen LogP contribution < -0.4 is 16.3 Å². The average molecular weight is 250 g/mol. The molecule has 18 heavy (non-hydrogen) atoms. The topological polar surface area (TPSA) is 92.3 Å². The molecular weight excluding hydrogens is 232 g/mol. The van der Waals surface area contributed by atoms with Crippen LogP contribution in [0.25, 0.3) is 5.65 Å². The summed E-state index contributed by atoms with van der Waals surface area (Å²) in [6.45, 7) is 4.51. The monoisotopic (exact) mass is 250 g/mol. The van der Waals surface area contributed by atoms with Gasteiger partial charge in [-0.15, -0.1) is 0 Å². The van der Waals surface area contributed by atoms with Gasteiger partial charge in [0.25, 0.3) is 0 Å². The number of rotatable bonds is 4. The molecule has 1 atom stereocenters. The Morgan fingerprint density at radius 1 is 1.61 bits per heavy atom. The summed E-state index contributed by atoms with van der Waals surface area (Å²) in [4.78, 5) is 18.0. The normalized spacial score (nSPS) is 12.9. The van der Waals surface area contributed by atoms with Crippen LogP contribution in [0.15, 0.2) is 10.9 Å². The number of aryl methyl sites for hydroxylation is 1. The number of anilines is 1. The van der Waals surface area contributed by atoms with Crippen LogP contribution in [0.5, 0.6) is 0 Å². The van der Waals surface area contributed by atoms with E-state index in [2.05, 4.69) is 22.1 Å². The molecule has 0 saturated carbocycles.